The van der Waals surface area contributed by atoms with Gasteiger partial charge in [0.05, 0.1) is 12.3 Å². The standard InChI is InChI=1S/C18H23N9O2S/c1-4-29-13-7-5-6-12-10(2)19-16(22-15(12)13)23-17-20-11(8-14(28)21-17)9-30-18-24-25-26-27(18)3/h5-7,11,17,20H,4,8-9H2,1-3H3,(H,21,28)(H,19,22,23). The number of thioether (sulfide) groups is 1. The fourth-order valence-electron chi connectivity index (χ4n) is 3.23. The Balaban J connectivity index is 1.48. The van der Waals surface area contributed by atoms with Crippen molar-refractivity contribution in [3.05, 3.63) is 23.9 Å². The minimum Gasteiger partial charge on any atom is -0.492 e. The van der Waals surface area contributed by atoms with E-state index in [0.29, 0.717) is 35.6 Å². The minimum absolute atomic E-state index is 0.0551. The van der Waals surface area contributed by atoms with Crippen LogP contribution in [0.4, 0.5) is 5.95 Å². The van der Waals surface area contributed by atoms with Gasteiger partial charge in [0.25, 0.3) is 0 Å². The molecule has 1 aliphatic heterocycles. The van der Waals surface area contributed by atoms with Crippen LogP contribution in [-0.2, 0) is 11.8 Å². The van der Waals surface area contributed by atoms with Crippen LogP contribution >= 0.6 is 11.8 Å². The smallest absolute Gasteiger partial charge is 0.226 e. The fourth-order valence-corrected chi connectivity index (χ4v) is 4.11. The molecule has 0 radical (unpaired) electrons. The van der Waals surface area contributed by atoms with Crippen molar-refractivity contribution in [2.45, 2.75) is 37.8 Å². The van der Waals surface area contributed by atoms with Gasteiger partial charge in [-0.2, -0.15) is 0 Å². The highest BCUT2D eigenvalue weighted by Crippen LogP contribution is 2.26. The maximum Gasteiger partial charge on any atom is 0.226 e. The van der Waals surface area contributed by atoms with Crippen LogP contribution in [0.15, 0.2) is 23.4 Å². The Morgan fingerprint density at radius 1 is 1.37 bits per heavy atom. The van der Waals surface area contributed by atoms with Crippen molar-refractivity contribution in [2.75, 3.05) is 17.7 Å². The molecule has 1 fully saturated rings. The Labute approximate surface area is 177 Å². The van der Waals surface area contributed by atoms with Crippen molar-refractivity contribution in [1.29, 1.82) is 0 Å². The van der Waals surface area contributed by atoms with Gasteiger partial charge in [-0.1, -0.05) is 23.9 Å². The Kier molecular flexibility index (Phi) is 5.95. The first-order valence-electron chi connectivity index (χ1n) is 9.60. The molecular formula is C18H23N9O2S. The van der Waals surface area contributed by atoms with E-state index in [2.05, 4.69) is 41.4 Å². The van der Waals surface area contributed by atoms with Crippen LogP contribution in [0, 0.1) is 6.92 Å². The molecule has 1 aliphatic rings. The number of ether oxygens (including phenoxy) is 1. The number of carbonyl (C=O) groups is 1. The molecule has 0 aliphatic carbocycles. The molecule has 158 valence electrons. The van der Waals surface area contributed by atoms with Crippen LogP contribution in [0.1, 0.15) is 19.0 Å². The van der Waals surface area contributed by atoms with Gasteiger partial charge in [0, 0.05) is 30.6 Å². The SMILES string of the molecule is CCOc1cccc2c(C)nc(NC3NC(=O)CC(CSc4nnnn4C)N3)nc12. The predicted molar refractivity (Wildman–Crippen MR) is 112 cm³/mol. The van der Waals surface area contributed by atoms with Gasteiger partial charge in [0.15, 0.2) is 6.29 Å². The second-order valence-electron chi connectivity index (χ2n) is 6.83. The van der Waals surface area contributed by atoms with Crippen LogP contribution in [0.25, 0.3) is 10.9 Å². The number of fused-ring (bicyclic) bond motifs is 1. The Morgan fingerprint density at radius 3 is 3.00 bits per heavy atom. The molecular weight excluding hydrogens is 406 g/mol. The Hall–Kier alpha value is -2.99. The van der Waals surface area contributed by atoms with E-state index in [1.54, 1.807) is 11.7 Å². The summed E-state index contributed by atoms with van der Waals surface area (Å²) in [7, 11) is 1.78. The zero-order valence-corrected chi connectivity index (χ0v) is 17.7. The molecule has 3 aromatic rings. The third-order valence-electron chi connectivity index (χ3n) is 4.59. The molecule has 1 saturated heterocycles. The maximum absolute atomic E-state index is 12.2. The van der Waals surface area contributed by atoms with Crippen molar-refractivity contribution in [1.82, 2.24) is 40.8 Å². The monoisotopic (exact) mass is 429 g/mol. The number of aryl methyl sites for hydroxylation is 2. The summed E-state index contributed by atoms with van der Waals surface area (Å²) in [5.74, 6) is 1.71. The lowest BCUT2D eigenvalue weighted by Gasteiger charge is -2.31. The van der Waals surface area contributed by atoms with E-state index in [1.165, 1.54) is 11.8 Å². The lowest BCUT2D eigenvalue weighted by molar-refractivity contribution is -0.123. The molecule has 0 spiro atoms. The third-order valence-corrected chi connectivity index (χ3v) is 5.76. The minimum atomic E-state index is -0.495. The summed E-state index contributed by atoms with van der Waals surface area (Å²) >= 11 is 1.49. The first-order chi connectivity index (χ1) is 14.5. The quantitative estimate of drug-likeness (QED) is 0.464. The summed E-state index contributed by atoms with van der Waals surface area (Å²) in [4.78, 5) is 21.4. The van der Waals surface area contributed by atoms with Crippen LogP contribution in [-0.4, -0.2) is 60.8 Å². The number of nitrogens with one attached hydrogen (secondary N) is 3. The first kappa shape index (κ1) is 20.3. The number of hydrogen-bond acceptors (Lipinski definition) is 10. The molecule has 3 N–H and O–H groups in total. The zero-order chi connectivity index (χ0) is 21.1. The average Bonchev–Trinajstić information content (AvgIpc) is 3.12. The number of para-hydroxylation sites is 1. The number of anilines is 1. The maximum atomic E-state index is 12.2. The number of carbonyl (C=O) groups excluding carboxylic acids is 1. The Bertz CT molecular complexity index is 1060. The van der Waals surface area contributed by atoms with Gasteiger partial charge in [-0.05, 0) is 30.3 Å². The summed E-state index contributed by atoms with van der Waals surface area (Å²) in [5.41, 5.74) is 1.56. The molecule has 11 nitrogen and oxygen atoms in total. The molecule has 0 bridgehead atoms. The second-order valence-corrected chi connectivity index (χ2v) is 7.81. The number of nitrogens with zero attached hydrogens (tertiary/aromatic N) is 6. The third kappa shape index (κ3) is 4.44. The van der Waals surface area contributed by atoms with Crippen molar-refractivity contribution in [3.8, 4) is 5.75 Å². The molecule has 2 aromatic heterocycles. The van der Waals surface area contributed by atoms with Gasteiger partial charge in [-0.15, -0.1) is 5.10 Å². The largest absolute Gasteiger partial charge is 0.492 e. The summed E-state index contributed by atoms with van der Waals surface area (Å²) in [6.07, 6.45) is -0.131. The van der Waals surface area contributed by atoms with E-state index in [9.17, 15) is 4.79 Å². The molecule has 0 saturated carbocycles. The van der Waals surface area contributed by atoms with E-state index in [-0.39, 0.29) is 11.9 Å². The van der Waals surface area contributed by atoms with E-state index >= 15 is 0 Å². The summed E-state index contributed by atoms with van der Waals surface area (Å²) in [5, 5.41) is 22.4. The summed E-state index contributed by atoms with van der Waals surface area (Å²) < 4.78 is 7.31. The molecule has 12 heteroatoms. The molecule has 4 rings (SSSR count). The number of benzene rings is 1. The highest BCUT2D eigenvalue weighted by molar-refractivity contribution is 7.99. The van der Waals surface area contributed by atoms with Gasteiger partial charge < -0.3 is 15.4 Å². The molecule has 2 unspecified atom stereocenters. The number of rotatable bonds is 7. The number of hydrogen-bond donors (Lipinski definition) is 3. The molecule has 1 aromatic carbocycles. The molecule has 30 heavy (non-hydrogen) atoms. The van der Waals surface area contributed by atoms with Gasteiger partial charge in [-0.3, -0.25) is 10.1 Å². The topological polar surface area (TPSA) is 132 Å². The summed E-state index contributed by atoms with van der Waals surface area (Å²) in [6.45, 7) is 4.40. The van der Waals surface area contributed by atoms with E-state index in [4.69, 9.17) is 4.74 Å². The average molecular weight is 430 g/mol. The zero-order valence-electron chi connectivity index (χ0n) is 16.9. The van der Waals surface area contributed by atoms with Gasteiger partial charge in [-0.25, -0.2) is 14.6 Å². The van der Waals surface area contributed by atoms with E-state index in [0.717, 1.165) is 16.6 Å². The van der Waals surface area contributed by atoms with Gasteiger partial charge in [0.1, 0.15) is 11.3 Å². The molecule has 3 heterocycles. The van der Waals surface area contributed by atoms with Crippen molar-refractivity contribution >= 4 is 34.5 Å². The van der Waals surface area contributed by atoms with E-state index < -0.39 is 6.29 Å². The fraction of sp³-hybridized carbons (Fsp3) is 0.444. The van der Waals surface area contributed by atoms with Gasteiger partial charge >= 0.3 is 0 Å². The Morgan fingerprint density at radius 2 is 2.23 bits per heavy atom. The number of aromatic nitrogens is 6. The van der Waals surface area contributed by atoms with Crippen LogP contribution < -0.4 is 20.7 Å². The van der Waals surface area contributed by atoms with E-state index in [1.807, 2.05) is 32.0 Å². The number of amides is 1. The predicted octanol–water partition coefficient (Wildman–Crippen LogP) is 0.826. The highest BCUT2D eigenvalue weighted by Gasteiger charge is 2.27. The van der Waals surface area contributed by atoms with Crippen LogP contribution in [0.5, 0.6) is 5.75 Å². The lowest BCUT2D eigenvalue weighted by Crippen LogP contribution is -2.60. The normalized spacial score (nSPS) is 19.0. The lowest BCUT2D eigenvalue weighted by atomic mass is 10.2. The molecule has 1 amide bonds. The summed E-state index contributed by atoms with van der Waals surface area (Å²) in [6, 6.07) is 5.72. The van der Waals surface area contributed by atoms with Crippen molar-refractivity contribution in [3.63, 3.8) is 0 Å². The molecule has 2 atom stereocenters. The number of tetrazole rings is 1. The highest BCUT2D eigenvalue weighted by atomic mass is 32.2. The van der Waals surface area contributed by atoms with Crippen LogP contribution in [0.2, 0.25) is 0 Å². The second kappa shape index (κ2) is 8.79. The van der Waals surface area contributed by atoms with Crippen molar-refractivity contribution < 1.29 is 9.53 Å². The van der Waals surface area contributed by atoms with Crippen LogP contribution in [0.3, 0.4) is 0 Å². The first-order valence-corrected chi connectivity index (χ1v) is 10.6. The van der Waals surface area contributed by atoms with Gasteiger partial charge in [0.2, 0.25) is 17.0 Å². The van der Waals surface area contributed by atoms with Crippen molar-refractivity contribution in [2.24, 2.45) is 7.05 Å².